The number of sulfone groups is 1. The van der Waals surface area contributed by atoms with Gasteiger partial charge in [-0.25, -0.2) is 22.0 Å². The number of carbonyl (C=O) groups is 1. The van der Waals surface area contributed by atoms with Gasteiger partial charge >= 0.3 is 6.03 Å². The van der Waals surface area contributed by atoms with E-state index in [1.54, 1.807) is 11.8 Å². The van der Waals surface area contributed by atoms with Crippen molar-refractivity contribution < 1.29 is 22.0 Å². The second-order valence-corrected chi connectivity index (χ2v) is 13.4. The smallest absolute Gasteiger partial charge is 0.323 e. The molecule has 10 heteroatoms. The van der Waals surface area contributed by atoms with Gasteiger partial charge in [-0.1, -0.05) is 44.2 Å². The van der Waals surface area contributed by atoms with E-state index < -0.39 is 27.5 Å². The molecule has 39 heavy (non-hydrogen) atoms. The van der Waals surface area contributed by atoms with E-state index in [4.69, 9.17) is 0 Å². The molecule has 3 aromatic carbocycles. The molecule has 0 aromatic heterocycles. The second kappa shape index (κ2) is 12.8. The number of hydrogen-bond donors (Lipinski definition) is 2. The molecule has 2 N–H and O–H groups in total. The van der Waals surface area contributed by atoms with Crippen molar-refractivity contribution in [3.05, 3.63) is 83.9 Å². The van der Waals surface area contributed by atoms with Crippen LogP contribution in [0.5, 0.6) is 0 Å². The number of thioether (sulfide) groups is 1. The number of nitrogens with one attached hydrogen (secondary N) is 2. The topological polar surface area (TPSA) is 78.5 Å². The van der Waals surface area contributed by atoms with Crippen molar-refractivity contribution in [2.24, 2.45) is 5.92 Å². The van der Waals surface area contributed by atoms with Crippen molar-refractivity contribution in [3.8, 4) is 0 Å². The largest absolute Gasteiger partial charge is 0.367 e. The molecule has 4 rings (SSSR count). The maximum absolute atomic E-state index is 14.2. The molecular weight excluding hydrogens is 540 g/mol. The van der Waals surface area contributed by atoms with Crippen molar-refractivity contribution in [2.75, 3.05) is 33.6 Å². The number of carbonyl (C=O) groups excluding carboxylic acids is 1. The predicted octanol–water partition coefficient (Wildman–Crippen LogP) is 6.94. The van der Waals surface area contributed by atoms with Crippen molar-refractivity contribution in [1.82, 2.24) is 0 Å². The van der Waals surface area contributed by atoms with Gasteiger partial charge in [-0.15, -0.1) is 11.8 Å². The van der Waals surface area contributed by atoms with Gasteiger partial charge in [0.15, 0.2) is 0 Å². The van der Waals surface area contributed by atoms with E-state index in [-0.39, 0.29) is 29.2 Å². The number of rotatable bonds is 9. The summed E-state index contributed by atoms with van der Waals surface area (Å²) < 4.78 is 51.7. The van der Waals surface area contributed by atoms with E-state index in [1.807, 2.05) is 48.5 Å². The lowest BCUT2D eigenvalue weighted by atomic mass is 10.0. The van der Waals surface area contributed by atoms with E-state index in [0.29, 0.717) is 31.1 Å². The molecule has 0 spiro atoms. The maximum Gasteiger partial charge on any atom is 0.323 e. The number of amides is 2. The Hall–Kier alpha value is -3.11. The van der Waals surface area contributed by atoms with Crippen molar-refractivity contribution in [3.63, 3.8) is 0 Å². The van der Waals surface area contributed by atoms with Crippen LogP contribution in [0.4, 0.5) is 30.6 Å². The van der Waals surface area contributed by atoms with Gasteiger partial charge in [0.25, 0.3) is 0 Å². The lowest BCUT2D eigenvalue weighted by Crippen LogP contribution is -2.43. The summed E-state index contributed by atoms with van der Waals surface area (Å²) in [6.45, 7) is 4.85. The number of hydrogen-bond acceptors (Lipinski definition) is 5. The Balaban J connectivity index is 1.63. The minimum atomic E-state index is -3.04. The Morgan fingerprint density at radius 3 is 2.33 bits per heavy atom. The van der Waals surface area contributed by atoms with Crippen LogP contribution in [0.3, 0.4) is 0 Å². The summed E-state index contributed by atoms with van der Waals surface area (Å²) in [5, 5.41) is 5.33. The summed E-state index contributed by atoms with van der Waals surface area (Å²) in [5.41, 5.74) is 2.32. The predicted molar refractivity (Wildman–Crippen MR) is 155 cm³/mol. The summed E-state index contributed by atoms with van der Waals surface area (Å²) in [6, 6.07) is 18.2. The highest BCUT2D eigenvalue weighted by Gasteiger charge is 2.30. The third kappa shape index (κ3) is 8.19. The van der Waals surface area contributed by atoms with Gasteiger partial charge in [0.1, 0.15) is 21.5 Å². The molecule has 3 aromatic rings. The first-order valence-corrected chi connectivity index (χ1v) is 15.7. The normalized spacial score (nSPS) is 15.2. The molecule has 1 fully saturated rings. The summed E-state index contributed by atoms with van der Waals surface area (Å²) >= 11 is 1.62. The third-order valence-corrected chi connectivity index (χ3v) is 9.26. The van der Waals surface area contributed by atoms with Gasteiger partial charge in [-0.05, 0) is 54.7 Å². The Labute approximate surface area is 233 Å². The van der Waals surface area contributed by atoms with Gasteiger partial charge in [-0.2, -0.15) is 0 Å². The van der Waals surface area contributed by atoms with E-state index in [2.05, 4.69) is 29.4 Å². The highest BCUT2D eigenvalue weighted by atomic mass is 32.2. The molecule has 1 aliphatic rings. The zero-order chi connectivity index (χ0) is 28.0. The fraction of sp³-hybridized carbons (Fsp3) is 0.345. The average Bonchev–Trinajstić information content (AvgIpc) is 2.89. The van der Waals surface area contributed by atoms with Crippen molar-refractivity contribution >= 4 is 44.7 Å². The Morgan fingerprint density at radius 1 is 0.974 bits per heavy atom. The summed E-state index contributed by atoms with van der Waals surface area (Å²) in [7, 11) is -3.04. The molecule has 1 saturated heterocycles. The van der Waals surface area contributed by atoms with Crippen LogP contribution in [0.25, 0.3) is 0 Å². The lowest BCUT2D eigenvalue weighted by molar-refractivity contribution is 0.262. The zero-order valence-corrected chi connectivity index (χ0v) is 23.6. The van der Waals surface area contributed by atoms with Crippen LogP contribution in [0, 0.1) is 17.6 Å². The molecule has 2 amide bonds. The summed E-state index contributed by atoms with van der Waals surface area (Å²) in [4.78, 5) is 16.1. The Kier molecular flexibility index (Phi) is 9.50. The number of anilines is 3. The van der Waals surface area contributed by atoms with Crippen LogP contribution in [0.15, 0.2) is 71.6 Å². The molecule has 0 radical (unpaired) electrons. The van der Waals surface area contributed by atoms with Crippen LogP contribution in [0.2, 0.25) is 0 Å². The molecule has 0 atom stereocenters. The number of halogens is 2. The van der Waals surface area contributed by atoms with Crippen LogP contribution in [-0.4, -0.2) is 38.5 Å². The lowest BCUT2D eigenvalue weighted by Gasteiger charge is -2.38. The fourth-order valence-corrected chi connectivity index (χ4v) is 6.95. The van der Waals surface area contributed by atoms with Gasteiger partial charge in [-0.3, -0.25) is 0 Å². The maximum atomic E-state index is 14.2. The van der Waals surface area contributed by atoms with E-state index in [0.717, 1.165) is 28.0 Å². The van der Waals surface area contributed by atoms with Crippen molar-refractivity contribution in [1.29, 1.82) is 0 Å². The monoisotopic (exact) mass is 573 g/mol. The Bertz CT molecular complexity index is 1390. The minimum Gasteiger partial charge on any atom is -0.367 e. The van der Waals surface area contributed by atoms with Gasteiger partial charge < -0.3 is 15.5 Å². The number of benzene rings is 3. The molecular formula is C29H33F2N3O3S2. The quantitative estimate of drug-likeness (QED) is 0.271. The van der Waals surface area contributed by atoms with Crippen LogP contribution >= 0.6 is 11.8 Å². The van der Waals surface area contributed by atoms with Crippen LogP contribution in [-0.2, 0) is 15.6 Å². The van der Waals surface area contributed by atoms with Crippen LogP contribution < -0.4 is 15.5 Å². The third-order valence-electron chi connectivity index (χ3n) is 6.48. The highest BCUT2D eigenvalue weighted by Crippen LogP contribution is 2.36. The summed E-state index contributed by atoms with van der Waals surface area (Å²) in [6.07, 6.45) is 1.01. The van der Waals surface area contributed by atoms with Crippen LogP contribution in [0.1, 0.15) is 32.3 Å². The molecule has 0 bridgehead atoms. The Morgan fingerprint density at radius 2 is 1.67 bits per heavy atom. The fourth-order valence-electron chi connectivity index (χ4n) is 4.59. The SMILES string of the molecule is CC(C)CN(c1ccc(SCc2ccccc2)cc1NC(=O)Nc1ccc(F)cc1F)C1CCS(=O)(=O)CC1. The number of nitrogens with zero attached hydrogens (tertiary/aromatic N) is 1. The minimum absolute atomic E-state index is 0.00287. The first-order chi connectivity index (χ1) is 18.6. The van der Waals surface area contributed by atoms with E-state index >= 15 is 0 Å². The molecule has 0 unspecified atom stereocenters. The molecule has 0 aliphatic carbocycles. The number of urea groups is 1. The standard InChI is InChI=1S/C29H33F2N3O3S2/c1-20(2)18-34(23-12-14-39(36,37)15-13-23)28-11-9-24(38-19-21-6-4-3-5-7-21)17-27(28)33-29(35)32-26-10-8-22(30)16-25(26)31/h3-11,16-17,20,23H,12-15,18-19H2,1-2H3,(H2,32,33,35). The zero-order valence-electron chi connectivity index (χ0n) is 22.0. The first-order valence-electron chi connectivity index (χ1n) is 12.9. The van der Waals surface area contributed by atoms with E-state index in [1.165, 1.54) is 6.07 Å². The van der Waals surface area contributed by atoms with E-state index in [9.17, 15) is 22.0 Å². The van der Waals surface area contributed by atoms with Gasteiger partial charge in [0.2, 0.25) is 0 Å². The first kappa shape index (κ1) is 28.9. The van der Waals surface area contributed by atoms with Gasteiger partial charge in [0.05, 0.1) is 28.6 Å². The van der Waals surface area contributed by atoms with Gasteiger partial charge in [0, 0.05) is 29.3 Å². The molecule has 0 saturated carbocycles. The molecule has 6 nitrogen and oxygen atoms in total. The molecule has 208 valence electrons. The highest BCUT2D eigenvalue weighted by molar-refractivity contribution is 7.98. The summed E-state index contributed by atoms with van der Waals surface area (Å²) in [5.74, 6) is -0.326. The van der Waals surface area contributed by atoms with Crippen molar-refractivity contribution in [2.45, 2.75) is 43.4 Å². The molecule has 1 aliphatic heterocycles. The molecule has 1 heterocycles. The second-order valence-electron chi connectivity index (χ2n) is 10.1. The average molecular weight is 574 g/mol.